The highest BCUT2D eigenvalue weighted by atomic mass is 16.3. The van der Waals surface area contributed by atoms with Crippen molar-refractivity contribution < 1.29 is 14.7 Å². The molecule has 0 spiro atoms. The number of piperidine rings is 2. The van der Waals surface area contributed by atoms with Gasteiger partial charge in [0.15, 0.2) is 0 Å². The molecule has 122 valence electrons. The molecule has 4 rings (SSSR count). The molecular formula is C18H27NO3. The first-order chi connectivity index (χ1) is 10.3. The van der Waals surface area contributed by atoms with Crippen molar-refractivity contribution in [3.05, 3.63) is 0 Å². The van der Waals surface area contributed by atoms with E-state index in [0.29, 0.717) is 49.3 Å². The molecule has 0 bridgehead atoms. The minimum absolute atomic E-state index is 0.105. The molecular weight excluding hydrogens is 278 g/mol. The Morgan fingerprint density at radius 1 is 1.09 bits per heavy atom. The summed E-state index contributed by atoms with van der Waals surface area (Å²) in [6, 6.07) is 0. The lowest BCUT2D eigenvalue weighted by molar-refractivity contribution is -0.170. The van der Waals surface area contributed by atoms with Crippen molar-refractivity contribution in [2.24, 2.45) is 23.2 Å². The maximum Gasteiger partial charge on any atom is 0.223 e. The van der Waals surface area contributed by atoms with Crippen LogP contribution in [-0.2, 0) is 9.59 Å². The Morgan fingerprint density at radius 2 is 1.86 bits per heavy atom. The van der Waals surface area contributed by atoms with Gasteiger partial charge in [-0.15, -0.1) is 0 Å². The van der Waals surface area contributed by atoms with E-state index in [9.17, 15) is 14.7 Å². The zero-order valence-electron chi connectivity index (χ0n) is 13.7. The van der Waals surface area contributed by atoms with E-state index < -0.39 is 0 Å². The second kappa shape index (κ2) is 4.56. The molecule has 2 aliphatic heterocycles. The molecule has 6 unspecified atom stereocenters. The van der Waals surface area contributed by atoms with Crippen LogP contribution in [-0.4, -0.2) is 39.9 Å². The van der Waals surface area contributed by atoms with Gasteiger partial charge in [0, 0.05) is 31.3 Å². The summed E-state index contributed by atoms with van der Waals surface area (Å²) in [5.41, 5.74) is 0.0252. The van der Waals surface area contributed by atoms with Crippen LogP contribution < -0.4 is 0 Å². The number of β-amino-alcohol motifs (C(OH)–C–C–N with tert-alkyl or cyclic N) is 1. The molecule has 4 fully saturated rings. The molecule has 0 aromatic carbocycles. The van der Waals surface area contributed by atoms with Gasteiger partial charge in [0.25, 0.3) is 0 Å². The fourth-order valence-corrected chi connectivity index (χ4v) is 6.31. The molecule has 1 amide bonds. The summed E-state index contributed by atoms with van der Waals surface area (Å²) in [5.74, 6) is 1.86. The van der Waals surface area contributed by atoms with Crippen molar-refractivity contribution in [2.45, 2.75) is 70.4 Å². The number of hydrogen-bond acceptors (Lipinski definition) is 3. The zero-order valence-corrected chi connectivity index (χ0v) is 13.7. The summed E-state index contributed by atoms with van der Waals surface area (Å²) in [6.45, 7) is 5.00. The van der Waals surface area contributed by atoms with Gasteiger partial charge in [0.2, 0.25) is 5.91 Å². The first-order valence-electron chi connectivity index (χ1n) is 8.84. The van der Waals surface area contributed by atoms with Crippen LogP contribution in [0.4, 0.5) is 0 Å². The summed E-state index contributed by atoms with van der Waals surface area (Å²) < 4.78 is 0. The monoisotopic (exact) mass is 305 g/mol. The molecule has 2 aliphatic carbocycles. The highest BCUT2D eigenvalue weighted by Gasteiger charge is 2.60. The number of amides is 1. The summed E-state index contributed by atoms with van der Waals surface area (Å²) in [6.07, 6.45) is 5.56. The second-order valence-corrected chi connectivity index (χ2v) is 8.75. The minimum atomic E-state index is -0.365. The van der Waals surface area contributed by atoms with Crippen molar-refractivity contribution in [1.82, 2.24) is 4.90 Å². The lowest BCUT2D eigenvalue weighted by atomic mass is 9.53. The number of carbonyl (C=O) groups excluding carboxylic acids is 2. The van der Waals surface area contributed by atoms with Crippen molar-refractivity contribution >= 4 is 11.7 Å². The topological polar surface area (TPSA) is 57.6 Å². The molecule has 4 heteroatoms. The van der Waals surface area contributed by atoms with Gasteiger partial charge in [0.05, 0.1) is 6.10 Å². The third-order valence-electron chi connectivity index (χ3n) is 7.51. The summed E-state index contributed by atoms with van der Waals surface area (Å²) in [5, 5.41) is 9.96. The summed E-state index contributed by atoms with van der Waals surface area (Å²) in [7, 11) is 0. The van der Waals surface area contributed by atoms with Gasteiger partial charge in [-0.2, -0.15) is 0 Å². The number of fused-ring (bicyclic) bond motifs is 5. The van der Waals surface area contributed by atoms with Gasteiger partial charge in [-0.25, -0.2) is 0 Å². The van der Waals surface area contributed by atoms with Crippen LogP contribution in [0.25, 0.3) is 0 Å². The molecule has 4 aliphatic rings. The number of aliphatic hydroxyl groups is 1. The predicted molar refractivity (Wildman–Crippen MR) is 82.0 cm³/mol. The van der Waals surface area contributed by atoms with Gasteiger partial charge in [-0.05, 0) is 55.8 Å². The van der Waals surface area contributed by atoms with E-state index in [-0.39, 0.29) is 23.0 Å². The second-order valence-electron chi connectivity index (χ2n) is 8.75. The number of aliphatic hydroxyl groups excluding tert-OH is 1. The Hall–Kier alpha value is -0.900. The van der Waals surface area contributed by atoms with E-state index in [0.717, 1.165) is 25.7 Å². The Morgan fingerprint density at radius 3 is 2.64 bits per heavy atom. The number of carbonyl (C=O) groups is 2. The highest BCUT2D eigenvalue weighted by Crippen LogP contribution is 2.61. The van der Waals surface area contributed by atoms with Crippen LogP contribution in [0.15, 0.2) is 0 Å². The fraction of sp³-hybridized carbons (Fsp3) is 0.889. The smallest absolute Gasteiger partial charge is 0.223 e. The summed E-state index contributed by atoms with van der Waals surface area (Å²) >= 11 is 0. The Kier molecular flexibility index (Phi) is 3.04. The van der Waals surface area contributed by atoms with E-state index >= 15 is 0 Å². The Labute approximate surface area is 132 Å². The van der Waals surface area contributed by atoms with Gasteiger partial charge in [0.1, 0.15) is 5.78 Å². The number of rotatable bonds is 0. The van der Waals surface area contributed by atoms with Gasteiger partial charge < -0.3 is 10.0 Å². The quantitative estimate of drug-likeness (QED) is 0.746. The normalized spacial score (nSPS) is 51.3. The van der Waals surface area contributed by atoms with Gasteiger partial charge in [-0.1, -0.05) is 6.92 Å². The largest absolute Gasteiger partial charge is 0.391 e. The van der Waals surface area contributed by atoms with Crippen LogP contribution in [0.5, 0.6) is 0 Å². The molecule has 2 saturated heterocycles. The molecule has 4 nitrogen and oxygen atoms in total. The third-order valence-corrected chi connectivity index (χ3v) is 7.51. The standard InChI is InChI=1S/C18H27NO3/c1-17-5-4-14-13(15(17)7-12(21)9-17)8-16(22)19-10-11(20)3-6-18(14,19)2/h11,13-15,20H,3-10H2,1-2H3. The SMILES string of the molecule is CC12CCC3C(CC(=O)N4CC(O)CCC34C)C1CC(=O)C2. The van der Waals surface area contributed by atoms with Crippen LogP contribution in [0, 0.1) is 23.2 Å². The highest BCUT2D eigenvalue weighted by molar-refractivity contribution is 5.83. The number of Topliss-reactive ketones (excluding diaryl/α,β-unsaturated/α-hetero) is 1. The van der Waals surface area contributed by atoms with E-state index in [4.69, 9.17) is 0 Å². The van der Waals surface area contributed by atoms with E-state index in [2.05, 4.69) is 13.8 Å². The van der Waals surface area contributed by atoms with Crippen molar-refractivity contribution in [3.8, 4) is 0 Å². The fourth-order valence-electron chi connectivity index (χ4n) is 6.31. The molecule has 2 saturated carbocycles. The average molecular weight is 305 g/mol. The Bertz CT molecular complexity index is 532. The van der Waals surface area contributed by atoms with E-state index in [1.807, 2.05) is 4.90 Å². The molecule has 22 heavy (non-hydrogen) atoms. The lowest BCUT2D eigenvalue weighted by Gasteiger charge is -2.61. The zero-order chi connectivity index (χ0) is 15.7. The van der Waals surface area contributed by atoms with E-state index in [1.54, 1.807) is 0 Å². The van der Waals surface area contributed by atoms with Crippen LogP contribution in [0.2, 0.25) is 0 Å². The number of hydrogen-bond donors (Lipinski definition) is 1. The number of ketones is 1. The predicted octanol–water partition coefficient (Wildman–Crippen LogP) is 2.14. The molecule has 1 N–H and O–H groups in total. The first kappa shape index (κ1) is 14.7. The molecule has 0 radical (unpaired) electrons. The first-order valence-corrected chi connectivity index (χ1v) is 8.84. The van der Waals surface area contributed by atoms with Crippen LogP contribution in [0.3, 0.4) is 0 Å². The molecule has 6 atom stereocenters. The maximum atomic E-state index is 12.7. The third kappa shape index (κ3) is 1.85. The van der Waals surface area contributed by atoms with Crippen molar-refractivity contribution in [2.75, 3.05) is 6.54 Å². The van der Waals surface area contributed by atoms with Gasteiger partial charge >= 0.3 is 0 Å². The molecule has 0 aromatic rings. The van der Waals surface area contributed by atoms with Gasteiger partial charge in [-0.3, -0.25) is 9.59 Å². The van der Waals surface area contributed by atoms with Crippen molar-refractivity contribution in [1.29, 1.82) is 0 Å². The van der Waals surface area contributed by atoms with E-state index in [1.165, 1.54) is 0 Å². The minimum Gasteiger partial charge on any atom is -0.391 e. The maximum absolute atomic E-state index is 12.7. The summed E-state index contributed by atoms with van der Waals surface area (Å²) in [4.78, 5) is 26.8. The van der Waals surface area contributed by atoms with Crippen LogP contribution in [0.1, 0.15) is 58.8 Å². The Balaban J connectivity index is 1.69. The molecule has 0 aromatic heterocycles. The van der Waals surface area contributed by atoms with Crippen molar-refractivity contribution in [3.63, 3.8) is 0 Å². The number of nitrogens with zero attached hydrogens (tertiary/aromatic N) is 1. The average Bonchev–Trinajstić information content (AvgIpc) is 2.76. The lowest BCUT2D eigenvalue weighted by Crippen LogP contribution is -2.66. The molecule has 2 heterocycles. The van der Waals surface area contributed by atoms with Crippen LogP contribution >= 0.6 is 0 Å².